The van der Waals surface area contributed by atoms with Crippen molar-refractivity contribution in [2.24, 2.45) is 5.92 Å². The van der Waals surface area contributed by atoms with Gasteiger partial charge in [0, 0.05) is 6.04 Å². The zero-order chi connectivity index (χ0) is 9.26. The van der Waals surface area contributed by atoms with Crippen LogP contribution in [0, 0.1) is 5.92 Å². The Balaban J connectivity index is 2.12. The Kier molecular flexibility index (Phi) is 2.54. The molecule has 0 aromatic rings. The second-order valence-electron chi connectivity index (χ2n) is 4.34. The van der Waals surface area contributed by atoms with Gasteiger partial charge in [-0.15, -0.1) is 0 Å². The normalized spacial score (nSPS) is 35.1. The predicted molar refractivity (Wildman–Crippen MR) is 56.7 cm³/mol. The summed E-state index contributed by atoms with van der Waals surface area (Å²) in [5, 5.41) is 0. The van der Waals surface area contributed by atoms with Gasteiger partial charge in [0.25, 0.3) is 0 Å². The van der Waals surface area contributed by atoms with Crippen LogP contribution in [0.4, 0.5) is 0 Å². The fourth-order valence-corrected chi connectivity index (χ4v) is 2.64. The minimum atomic E-state index is 0.688. The molecule has 1 nitrogen and oxygen atoms in total. The molecule has 13 heavy (non-hydrogen) atoms. The summed E-state index contributed by atoms with van der Waals surface area (Å²) in [5.41, 5.74) is 1.54. The summed E-state index contributed by atoms with van der Waals surface area (Å²) in [6.07, 6.45) is 9.58. The summed E-state index contributed by atoms with van der Waals surface area (Å²) in [4.78, 5) is 2.64. The molecule has 1 unspecified atom stereocenters. The predicted octanol–water partition coefficient (Wildman–Crippen LogP) is 2.60. The van der Waals surface area contributed by atoms with Gasteiger partial charge in [-0.2, -0.15) is 0 Å². The molecule has 0 saturated carbocycles. The van der Waals surface area contributed by atoms with E-state index in [2.05, 4.69) is 37.0 Å². The van der Waals surface area contributed by atoms with E-state index in [0.29, 0.717) is 12.0 Å². The zero-order valence-electron chi connectivity index (χ0n) is 8.66. The van der Waals surface area contributed by atoms with E-state index in [1.165, 1.54) is 31.5 Å². The van der Waals surface area contributed by atoms with Crippen molar-refractivity contribution in [1.29, 1.82) is 0 Å². The van der Waals surface area contributed by atoms with Crippen molar-refractivity contribution in [3.8, 4) is 0 Å². The van der Waals surface area contributed by atoms with Gasteiger partial charge in [0.05, 0.1) is 0 Å². The third-order valence-corrected chi connectivity index (χ3v) is 3.27. The largest absolute Gasteiger partial charge is 0.296 e. The van der Waals surface area contributed by atoms with E-state index in [0.717, 1.165) is 0 Å². The van der Waals surface area contributed by atoms with E-state index in [1.54, 1.807) is 0 Å². The Morgan fingerprint density at radius 3 is 2.62 bits per heavy atom. The molecule has 0 spiro atoms. The molecule has 1 fully saturated rings. The topological polar surface area (TPSA) is 3.24 Å². The van der Waals surface area contributed by atoms with Crippen molar-refractivity contribution < 1.29 is 0 Å². The van der Waals surface area contributed by atoms with Crippen LogP contribution in [0.15, 0.2) is 23.8 Å². The van der Waals surface area contributed by atoms with Gasteiger partial charge in [-0.1, -0.05) is 30.7 Å². The molecular formula is C12H19N. The number of hydrogen-bond donors (Lipinski definition) is 0. The lowest BCUT2D eigenvalue weighted by molar-refractivity contribution is 0.233. The molecule has 1 heterocycles. The Morgan fingerprint density at radius 2 is 2.00 bits per heavy atom. The van der Waals surface area contributed by atoms with Crippen molar-refractivity contribution in [2.75, 3.05) is 13.1 Å². The van der Waals surface area contributed by atoms with E-state index in [9.17, 15) is 0 Å². The first-order valence-electron chi connectivity index (χ1n) is 5.38. The Labute approximate surface area is 81.1 Å². The standard InChI is InChI=1S/C12H19N/c1-10-6-5-7-11(2)12(10)13-8-3-4-9-13/h5-7,10,12H,3-4,8-9H2,1-2H3/t10-,12?/m1/s1. The average Bonchev–Trinajstić information content (AvgIpc) is 2.57. The molecule has 0 bridgehead atoms. The van der Waals surface area contributed by atoms with E-state index in [1.807, 2.05) is 0 Å². The van der Waals surface area contributed by atoms with Crippen LogP contribution in [0.5, 0.6) is 0 Å². The second kappa shape index (κ2) is 3.67. The van der Waals surface area contributed by atoms with Crippen molar-refractivity contribution in [3.05, 3.63) is 23.8 Å². The summed E-state index contributed by atoms with van der Waals surface area (Å²) in [6, 6.07) is 0.688. The van der Waals surface area contributed by atoms with Gasteiger partial charge in [0.15, 0.2) is 0 Å². The van der Waals surface area contributed by atoms with Gasteiger partial charge in [-0.3, -0.25) is 4.90 Å². The first-order chi connectivity index (χ1) is 6.29. The van der Waals surface area contributed by atoms with Crippen LogP contribution in [-0.4, -0.2) is 24.0 Å². The first kappa shape index (κ1) is 9.01. The Hall–Kier alpha value is -0.560. The van der Waals surface area contributed by atoms with Gasteiger partial charge < -0.3 is 0 Å². The molecule has 1 aliphatic carbocycles. The van der Waals surface area contributed by atoms with Crippen LogP contribution in [-0.2, 0) is 0 Å². The van der Waals surface area contributed by atoms with Crippen LogP contribution in [0.3, 0.4) is 0 Å². The lowest BCUT2D eigenvalue weighted by Gasteiger charge is -2.33. The summed E-state index contributed by atoms with van der Waals surface area (Å²) in [7, 11) is 0. The number of likely N-dealkylation sites (tertiary alicyclic amines) is 1. The molecule has 0 radical (unpaired) electrons. The summed E-state index contributed by atoms with van der Waals surface area (Å²) in [6.45, 7) is 7.20. The summed E-state index contributed by atoms with van der Waals surface area (Å²) < 4.78 is 0. The number of rotatable bonds is 1. The molecule has 0 amide bonds. The molecule has 1 heteroatoms. The summed E-state index contributed by atoms with van der Waals surface area (Å²) in [5.74, 6) is 0.697. The van der Waals surface area contributed by atoms with Crippen LogP contribution < -0.4 is 0 Å². The fraction of sp³-hybridized carbons (Fsp3) is 0.667. The first-order valence-corrected chi connectivity index (χ1v) is 5.38. The Bertz CT molecular complexity index is 234. The van der Waals surface area contributed by atoms with E-state index >= 15 is 0 Å². The SMILES string of the molecule is CC1=CC=C[C@@H](C)C1N1CCCC1. The third kappa shape index (κ3) is 1.71. The van der Waals surface area contributed by atoms with E-state index in [4.69, 9.17) is 0 Å². The Morgan fingerprint density at radius 1 is 1.31 bits per heavy atom. The van der Waals surface area contributed by atoms with Gasteiger partial charge in [0.2, 0.25) is 0 Å². The highest BCUT2D eigenvalue weighted by Crippen LogP contribution is 2.26. The smallest absolute Gasteiger partial charge is 0.0368 e. The maximum Gasteiger partial charge on any atom is 0.0368 e. The number of allylic oxidation sites excluding steroid dienone is 2. The molecule has 0 aromatic heterocycles. The molecule has 0 N–H and O–H groups in total. The minimum Gasteiger partial charge on any atom is -0.296 e. The van der Waals surface area contributed by atoms with Gasteiger partial charge in [0.1, 0.15) is 0 Å². The average molecular weight is 177 g/mol. The fourth-order valence-electron chi connectivity index (χ4n) is 2.64. The highest BCUT2D eigenvalue weighted by molar-refractivity contribution is 5.24. The zero-order valence-corrected chi connectivity index (χ0v) is 8.66. The van der Waals surface area contributed by atoms with Crippen molar-refractivity contribution in [1.82, 2.24) is 4.90 Å². The molecule has 72 valence electrons. The van der Waals surface area contributed by atoms with Gasteiger partial charge >= 0.3 is 0 Å². The highest BCUT2D eigenvalue weighted by atomic mass is 15.2. The van der Waals surface area contributed by atoms with Crippen LogP contribution in [0.2, 0.25) is 0 Å². The van der Waals surface area contributed by atoms with Crippen molar-refractivity contribution >= 4 is 0 Å². The quantitative estimate of drug-likeness (QED) is 0.595. The molecule has 1 saturated heterocycles. The maximum atomic E-state index is 2.64. The van der Waals surface area contributed by atoms with E-state index in [-0.39, 0.29) is 0 Å². The van der Waals surface area contributed by atoms with Crippen LogP contribution >= 0.6 is 0 Å². The number of hydrogen-bond acceptors (Lipinski definition) is 1. The third-order valence-electron chi connectivity index (χ3n) is 3.27. The van der Waals surface area contributed by atoms with Crippen LogP contribution in [0.25, 0.3) is 0 Å². The molecule has 1 aliphatic heterocycles. The highest BCUT2D eigenvalue weighted by Gasteiger charge is 2.27. The lowest BCUT2D eigenvalue weighted by atomic mass is 9.90. The van der Waals surface area contributed by atoms with Crippen molar-refractivity contribution in [2.45, 2.75) is 32.7 Å². The molecule has 2 rings (SSSR count). The monoisotopic (exact) mass is 177 g/mol. The van der Waals surface area contributed by atoms with Crippen molar-refractivity contribution in [3.63, 3.8) is 0 Å². The molecule has 0 aromatic carbocycles. The number of nitrogens with zero attached hydrogens (tertiary/aromatic N) is 1. The van der Waals surface area contributed by atoms with Gasteiger partial charge in [-0.05, 0) is 38.8 Å². The molecule has 2 atom stereocenters. The molecule has 2 aliphatic rings. The second-order valence-corrected chi connectivity index (χ2v) is 4.34. The maximum absolute atomic E-state index is 2.64. The van der Waals surface area contributed by atoms with Crippen LogP contribution in [0.1, 0.15) is 26.7 Å². The molecular weight excluding hydrogens is 158 g/mol. The van der Waals surface area contributed by atoms with E-state index < -0.39 is 0 Å². The summed E-state index contributed by atoms with van der Waals surface area (Å²) >= 11 is 0. The minimum absolute atomic E-state index is 0.688. The lowest BCUT2D eigenvalue weighted by Crippen LogP contribution is -2.38. The van der Waals surface area contributed by atoms with Gasteiger partial charge in [-0.25, -0.2) is 0 Å².